The van der Waals surface area contributed by atoms with Gasteiger partial charge in [-0.2, -0.15) is 0 Å². The van der Waals surface area contributed by atoms with Crippen LogP contribution in [0.3, 0.4) is 0 Å². The lowest BCUT2D eigenvalue weighted by molar-refractivity contribution is 0.0976. The maximum absolute atomic E-state index is 10.3. The zero-order valence-corrected chi connectivity index (χ0v) is 17.7. The predicted octanol–water partition coefficient (Wildman–Crippen LogP) is 5.31. The van der Waals surface area contributed by atoms with Crippen LogP contribution in [0, 0.1) is 16.7 Å². The molecule has 0 aliphatic rings. The van der Waals surface area contributed by atoms with E-state index in [1.807, 2.05) is 0 Å². The Morgan fingerprint density at radius 1 is 0.640 bits per heavy atom. The average molecular weight is 359 g/mol. The Morgan fingerprint density at radius 2 is 1.04 bits per heavy atom. The standard InChI is InChI=1S/C22H46O3/c1-19(13-9-8-12-16-22(4,5)18-24)20(25)14-10-6-7-11-15-21(2,3)17-23/h19-20,23-25H,6-18H2,1-5H3. The van der Waals surface area contributed by atoms with Crippen molar-refractivity contribution in [2.24, 2.45) is 16.7 Å². The van der Waals surface area contributed by atoms with Crippen LogP contribution in [-0.4, -0.2) is 34.6 Å². The Labute approximate surface area is 157 Å². The summed E-state index contributed by atoms with van der Waals surface area (Å²) < 4.78 is 0. The Hall–Kier alpha value is -0.120. The molecule has 25 heavy (non-hydrogen) atoms. The highest BCUT2D eigenvalue weighted by molar-refractivity contribution is 4.69. The van der Waals surface area contributed by atoms with Gasteiger partial charge in [-0.05, 0) is 42.4 Å². The second-order valence-corrected chi connectivity index (χ2v) is 9.74. The van der Waals surface area contributed by atoms with Crippen LogP contribution < -0.4 is 0 Å². The summed E-state index contributed by atoms with van der Waals surface area (Å²) in [6.07, 6.45) is 12.2. The number of hydrogen-bond acceptors (Lipinski definition) is 3. The van der Waals surface area contributed by atoms with Crippen LogP contribution in [0.2, 0.25) is 0 Å². The van der Waals surface area contributed by atoms with Crippen molar-refractivity contribution >= 4 is 0 Å². The van der Waals surface area contributed by atoms with Gasteiger partial charge in [0.1, 0.15) is 0 Å². The van der Waals surface area contributed by atoms with Crippen LogP contribution >= 0.6 is 0 Å². The molecule has 152 valence electrons. The van der Waals surface area contributed by atoms with Gasteiger partial charge < -0.3 is 15.3 Å². The molecule has 3 N–H and O–H groups in total. The second kappa shape index (κ2) is 13.1. The van der Waals surface area contributed by atoms with Crippen LogP contribution in [0.1, 0.15) is 105 Å². The minimum atomic E-state index is -0.164. The lowest BCUT2D eigenvalue weighted by Crippen LogP contribution is -2.18. The third kappa shape index (κ3) is 13.7. The van der Waals surface area contributed by atoms with Crippen molar-refractivity contribution < 1.29 is 15.3 Å². The van der Waals surface area contributed by atoms with Crippen molar-refractivity contribution in [2.45, 2.75) is 111 Å². The second-order valence-electron chi connectivity index (χ2n) is 9.74. The first-order valence-electron chi connectivity index (χ1n) is 10.5. The van der Waals surface area contributed by atoms with Crippen molar-refractivity contribution in [1.82, 2.24) is 0 Å². The minimum Gasteiger partial charge on any atom is -0.396 e. The molecule has 0 saturated carbocycles. The first kappa shape index (κ1) is 24.9. The number of unbranched alkanes of at least 4 members (excludes halogenated alkanes) is 5. The van der Waals surface area contributed by atoms with Crippen LogP contribution in [0.25, 0.3) is 0 Å². The maximum Gasteiger partial charge on any atom is 0.0565 e. The van der Waals surface area contributed by atoms with Gasteiger partial charge in [-0.25, -0.2) is 0 Å². The first-order valence-corrected chi connectivity index (χ1v) is 10.5. The van der Waals surface area contributed by atoms with Gasteiger partial charge in [0, 0.05) is 13.2 Å². The normalized spacial score (nSPS) is 15.4. The molecule has 0 fully saturated rings. The highest BCUT2D eigenvalue weighted by Crippen LogP contribution is 2.25. The van der Waals surface area contributed by atoms with Gasteiger partial charge in [-0.3, -0.25) is 0 Å². The summed E-state index contributed by atoms with van der Waals surface area (Å²) in [4.78, 5) is 0. The van der Waals surface area contributed by atoms with E-state index in [4.69, 9.17) is 0 Å². The van der Waals surface area contributed by atoms with Gasteiger partial charge in [-0.15, -0.1) is 0 Å². The topological polar surface area (TPSA) is 60.7 Å². The molecule has 0 aliphatic heterocycles. The molecule has 0 aromatic heterocycles. The van der Waals surface area contributed by atoms with Crippen molar-refractivity contribution in [1.29, 1.82) is 0 Å². The zero-order valence-electron chi connectivity index (χ0n) is 17.7. The molecule has 0 rings (SSSR count). The van der Waals surface area contributed by atoms with E-state index >= 15 is 0 Å². The van der Waals surface area contributed by atoms with Crippen LogP contribution in [-0.2, 0) is 0 Å². The zero-order chi connectivity index (χ0) is 19.3. The van der Waals surface area contributed by atoms with E-state index in [1.54, 1.807) is 0 Å². The lowest BCUT2D eigenvalue weighted by Gasteiger charge is -2.22. The molecule has 0 aromatic rings. The Morgan fingerprint density at radius 3 is 1.52 bits per heavy atom. The molecule has 0 amide bonds. The van der Waals surface area contributed by atoms with Crippen molar-refractivity contribution in [2.75, 3.05) is 13.2 Å². The fourth-order valence-electron chi connectivity index (χ4n) is 3.19. The highest BCUT2D eigenvalue weighted by Gasteiger charge is 2.17. The molecule has 0 aromatic carbocycles. The molecule has 0 heterocycles. The van der Waals surface area contributed by atoms with Gasteiger partial charge >= 0.3 is 0 Å². The Bertz CT molecular complexity index is 312. The third-order valence-corrected chi connectivity index (χ3v) is 5.63. The molecule has 2 atom stereocenters. The largest absolute Gasteiger partial charge is 0.396 e. The summed E-state index contributed by atoms with van der Waals surface area (Å²) in [6.45, 7) is 11.2. The Kier molecular flexibility index (Phi) is 13.0. The van der Waals surface area contributed by atoms with Crippen LogP contribution in [0.4, 0.5) is 0 Å². The smallest absolute Gasteiger partial charge is 0.0565 e. The van der Waals surface area contributed by atoms with E-state index in [2.05, 4.69) is 34.6 Å². The van der Waals surface area contributed by atoms with Crippen molar-refractivity contribution in [3.63, 3.8) is 0 Å². The molecule has 0 saturated heterocycles. The lowest BCUT2D eigenvalue weighted by atomic mass is 9.87. The fraction of sp³-hybridized carbons (Fsp3) is 1.00. The molecule has 3 heteroatoms. The summed E-state index contributed by atoms with van der Waals surface area (Å²) in [5.41, 5.74) is 0.109. The fourth-order valence-corrected chi connectivity index (χ4v) is 3.19. The first-order chi connectivity index (χ1) is 11.6. The van der Waals surface area contributed by atoms with E-state index in [9.17, 15) is 15.3 Å². The van der Waals surface area contributed by atoms with Crippen LogP contribution in [0.15, 0.2) is 0 Å². The van der Waals surface area contributed by atoms with E-state index in [1.165, 1.54) is 38.5 Å². The Balaban J connectivity index is 3.61. The molecule has 0 aliphatic carbocycles. The minimum absolute atomic E-state index is 0.0531. The van der Waals surface area contributed by atoms with E-state index < -0.39 is 0 Å². The van der Waals surface area contributed by atoms with Gasteiger partial charge in [0.2, 0.25) is 0 Å². The van der Waals surface area contributed by atoms with Crippen LogP contribution in [0.5, 0.6) is 0 Å². The molecule has 0 radical (unpaired) electrons. The summed E-state index contributed by atoms with van der Waals surface area (Å²) in [5.74, 6) is 0.388. The summed E-state index contributed by atoms with van der Waals surface area (Å²) in [7, 11) is 0. The molecule has 2 unspecified atom stereocenters. The van der Waals surface area contributed by atoms with Crippen molar-refractivity contribution in [3.05, 3.63) is 0 Å². The summed E-state index contributed by atoms with van der Waals surface area (Å²) >= 11 is 0. The van der Waals surface area contributed by atoms with E-state index in [-0.39, 0.29) is 30.1 Å². The van der Waals surface area contributed by atoms with E-state index in [0.29, 0.717) is 5.92 Å². The number of aliphatic hydroxyl groups is 3. The summed E-state index contributed by atoms with van der Waals surface area (Å²) in [6, 6.07) is 0. The third-order valence-electron chi connectivity index (χ3n) is 5.63. The van der Waals surface area contributed by atoms with Gasteiger partial charge in [0.15, 0.2) is 0 Å². The SMILES string of the molecule is CC(CCCCCC(C)(C)CO)C(O)CCCCCCC(C)(C)CO. The molecule has 3 nitrogen and oxygen atoms in total. The predicted molar refractivity (Wildman–Crippen MR) is 108 cm³/mol. The molecular formula is C22H46O3. The molecular weight excluding hydrogens is 312 g/mol. The van der Waals surface area contributed by atoms with Gasteiger partial charge in [0.05, 0.1) is 6.10 Å². The summed E-state index contributed by atoms with van der Waals surface area (Å²) in [5, 5.41) is 28.8. The highest BCUT2D eigenvalue weighted by atomic mass is 16.3. The number of aliphatic hydroxyl groups excluding tert-OH is 3. The molecule has 0 bridgehead atoms. The maximum atomic E-state index is 10.3. The number of hydrogen-bond donors (Lipinski definition) is 3. The quantitative estimate of drug-likeness (QED) is 0.328. The van der Waals surface area contributed by atoms with Crippen molar-refractivity contribution in [3.8, 4) is 0 Å². The number of rotatable bonds is 16. The van der Waals surface area contributed by atoms with Gasteiger partial charge in [-0.1, -0.05) is 79.6 Å². The molecule has 0 spiro atoms. The van der Waals surface area contributed by atoms with E-state index in [0.717, 1.165) is 32.1 Å². The monoisotopic (exact) mass is 358 g/mol. The van der Waals surface area contributed by atoms with Gasteiger partial charge in [0.25, 0.3) is 0 Å². The average Bonchev–Trinajstić information content (AvgIpc) is 2.57.